The molecule has 1 saturated heterocycles. The molecule has 22 heavy (non-hydrogen) atoms. The molecule has 0 bridgehead atoms. The van der Waals surface area contributed by atoms with Crippen LogP contribution in [0.2, 0.25) is 0 Å². The van der Waals surface area contributed by atoms with Crippen molar-refractivity contribution >= 4 is 0 Å². The summed E-state index contributed by atoms with van der Waals surface area (Å²) in [5, 5.41) is 3.57. The first-order chi connectivity index (χ1) is 10.5. The van der Waals surface area contributed by atoms with Crippen LogP contribution < -0.4 is 5.32 Å². The van der Waals surface area contributed by atoms with E-state index in [-0.39, 0.29) is 6.54 Å². The van der Waals surface area contributed by atoms with Crippen molar-refractivity contribution in [2.45, 2.75) is 51.1 Å². The summed E-state index contributed by atoms with van der Waals surface area (Å²) < 4.78 is 36.6. The van der Waals surface area contributed by atoms with Gasteiger partial charge in [-0.2, -0.15) is 13.2 Å². The first-order valence-corrected chi connectivity index (χ1v) is 9.03. The van der Waals surface area contributed by atoms with Crippen LogP contribution in [0, 0.1) is 23.7 Å². The van der Waals surface area contributed by atoms with Gasteiger partial charge in [-0.3, -0.25) is 0 Å². The van der Waals surface area contributed by atoms with E-state index in [9.17, 15) is 13.2 Å². The fourth-order valence-corrected chi connectivity index (χ4v) is 4.59. The third kappa shape index (κ3) is 4.60. The molecule has 3 aliphatic rings. The molecule has 3 rings (SSSR count). The number of fused-ring (bicyclic) bond motifs is 1. The van der Waals surface area contributed by atoms with Gasteiger partial charge >= 0.3 is 6.18 Å². The molecule has 2 unspecified atom stereocenters. The summed E-state index contributed by atoms with van der Waals surface area (Å²) in [7, 11) is 0. The van der Waals surface area contributed by atoms with Gasteiger partial charge < -0.3 is 10.2 Å². The van der Waals surface area contributed by atoms with Gasteiger partial charge in [0.05, 0.1) is 6.42 Å². The van der Waals surface area contributed by atoms with E-state index in [0.717, 1.165) is 38.0 Å². The number of likely N-dealkylation sites (tertiary alicyclic amines) is 1. The maximum Gasteiger partial charge on any atom is 0.390 e. The van der Waals surface area contributed by atoms with Crippen molar-refractivity contribution in [2.75, 3.05) is 32.7 Å². The van der Waals surface area contributed by atoms with Crippen molar-refractivity contribution in [3.63, 3.8) is 0 Å². The smallest absolute Gasteiger partial charge is 0.316 e. The minimum atomic E-state index is -4.01. The van der Waals surface area contributed by atoms with Crippen LogP contribution in [0.1, 0.15) is 44.9 Å². The molecule has 5 heteroatoms. The molecule has 128 valence electrons. The zero-order valence-electron chi connectivity index (χ0n) is 13.4. The highest BCUT2D eigenvalue weighted by Crippen LogP contribution is 2.51. The minimum absolute atomic E-state index is 0.192. The summed E-state index contributed by atoms with van der Waals surface area (Å²) in [6, 6.07) is 0. The third-order valence-electron chi connectivity index (χ3n) is 5.98. The lowest BCUT2D eigenvalue weighted by Gasteiger charge is -2.20. The molecule has 2 aliphatic carbocycles. The Bertz CT molecular complexity index is 340. The predicted molar refractivity (Wildman–Crippen MR) is 81.6 cm³/mol. The Labute approximate surface area is 131 Å². The molecule has 1 N–H and O–H groups in total. The molecule has 0 aromatic carbocycles. The van der Waals surface area contributed by atoms with E-state index >= 15 is 0 Å². The van der Waals surface area contributed by atoms with Gasteiger partial charge in [0, 0.05) is 19.6 Å². The van der Waals surface area contributed by atoms with Crippen molar-refractivity contribution in [2.24, 2.45) is 23.7 Å². The Morgan fingerprint density at radius 3 is 2.36 bits per heavy atom. The number of rotatable bonds is 8. The highest BCUT2D eigenvalue weighted by molar-refractivity contribution is 5.05. The molecule has 0 aromatic rings. The number of hydrogen-bond donors (Lipinski definition) is 1. The van der Waals surface area contributed by atoms with E-state index < -0.39 is 12.6 Å². The molecule has 2 atom stereocenters. The highest BCUT2D eigenvalue weighted by atomic mass is 19.4. The molecule has 0 amide bonds. The van der Waals surface area contributed by atoms with Crippen LogP contribution >= 0.6 is 0 Å². The number of halogens is 3. The van der Waals surface area contributed by atoms with Crippen molar-refractivity contribution in [1.82, 2.24) is 10.2 Å². The highest BCUT2D eigenvalue weighted by Gasteiger charge is 2.54. The van der Waals surface area contributed by atoms with Crippen LogP contribution in [-0.2, 0) is 0 Å². The average Bonchev–Trinajstić information content (AvgIpc) is 2.90. The molecule has 3 fully saturated rings. The first-order valence-electron chi connectivity index (χ1n) is 9.03. The second-order valence-electron chi connectivity index (χ2n) is 7.61. The Morgan fingerprint density at radius 1 is 1.05 bits per heavy atom. The maximum atomic E-state index is 12.2. The lowest BCUT2D eigenvalue weighted by Crippen LogP contribution is -2.31. The SMILES string of the molecule is FC(F)(F)CCN1CC2C(CNCCCC3CCCC3)C2C1. The summed E-state index contributed by atoms with van der Waals surface area (Å²) >= 11 is 0. The summed E-state index contributed by atoms with van der Waals surface area (Å²) in [6.45, 7) is 4.15. The normalized spacial score (nSPS) is 32.6. The van der Waals surface area contributed by atoms with Crippen LogP contribution in [0.5, 0.6) is 0 Å². The van der Waals surface area contributed by atoms with E-state index in [2.05, 4.69) is 5.32 Å². The first kappa shape index (κ1) is 16.6. The second-order valence-corrected chi connectivity index (χ2v) is 7.61. The van der Waals surface area contributed by atoms with Crippen LogP contribution in [0.15, 0.2) is 0 Å². The maximum absolute atomic E-state index is 12.2. The average molecular weight is 318 g/mol. The molecular weight excluding hydrogens is 289 g/mol. The lowest BCUT2D eigenvalue weighted by atomic mass is 10.0. The van der Waals surface area contributed by atoms with Gasteiger partial charge in [-0.05, 0) is 49.6 Å². The van der Waals surface area contributed by atoms with Crippen LogP contribution in [0.25, 0.3) is 0 Å². The fourth-order valence-electron chi connectivity index (χ4n) is 4.59. The van der Waals surface area contributed by atoms with Crippen molar-refractivity contribution in [3.05, 3.63) is 0 Å². The fraction of sp³-hybridized carbons (Fsp3) is 1.00. The van der Waals surface area contributed by atoms with Gasteiger partial charge in [-0.1, -0.05) is 25.7 Å². The van der Waals surface area contributed by atoms with E-state index in [4.69, 9.17) is 0 Å². The molecule has 2 nitrogen and oxygen atoms in total. The van der Waals surface area contributed by atoms with Gasteiger partial charge in [-0.25, -0.2) is 0 Å². The topological polar surface area (TPSA) is 15.3 Å². The lowest BCUT2D eigenvalue weighted by molar-refractivity contribution is -0.137. The van der Waals surface area contributed by atoms with Gasteiger partial charge in [0.1, 0.15) is 0 Å². The summed E-state index contributed by atoms with van der Waals surface area (Å²) in [5.74, 6) is 3.03. The van der Waals surface area contributed by atoms with Gasteiger partial charge in [-0.15, -0.1) is 0 Å². The van der Waals surface area contributed by atoms with Crippen molar-refractivity contribution < 1.29 is 13.2 Å². The van der Waals surface area contributed by atoms with E-state index in [0.29, 0.717) is 11.8 Å². The number of alkyl halides is 3. The van der Waals surface area contributed by atoms with Crippen LogP contribution in [0.4, 0.5) is 13.2 Å². The van der Waals surface area contributed by atoms with E-state index in [1.165, 1.54) is 38.5 Å². The largest absolute Gasteiger partial charge is 0.390 e. The van der Waals surface area contributed by atoms with E-state index in [1.54, 1.807) is 0 Å². The zero-order chi connectivity index (χ0) is 15.6. The monoisotopic (exact) mass is 318 g/mol. The summed E-state index contributed by atoms with van der Waals surface area (Å²) in [6.07, 6.45) is 3.70. The number of piperidine rings is 1. The van der Waals surface area contributed by atoms with Gasteiger partial charge in [0.25, 0.3) is 0 Å². The molecule has 0 radical (unpaired) electrons. The predicted octanol–water partition coefficient (Wildman–Crippen LogP) is 3.68. The standard InChI is InChI=1S/C17H29F3N2/c18-17(19,20)7-9-22-11-15-14(16(15)12-22)10-21-8-3-6-13-4-1-2-5-13/h13-16,21H,1-12H2. The molecule has 1 aliphatic heterocycles. The molecule has 2 saturated carbocycles. The Morgan fingerprint density at radius 2 is 1.73 bits per heavy atom. The number of hydrogen-bond acceptors (Lipinski definition) is 2. The quantitative estimate of drug-likeness (QED) is 0.687. The molecular formula is C17H29F3N2. The molecule has 0 aromatic heterocycles. The Balaban J connectivity index is 1.20. The van der Waals surface area contributed by atoms with Crippen LogP contribution in [-0.4, -0.2) is 43.8 Å². The van der Waals surface area contributed by atoms with E-state index in [1.807, 2.05) is 4.90 Å². The molecule has 1 heterocycles. The Hall–Kier alpha value is -0.290. The van der Waals surface area contributed by atoms with Gasteiger partial charge in [0.15, 0.2) is 0 Å². The van der Waals surface area contributed by atoms with Crippen LogP contribution in [0.3, 0.4) is 0 Å². The summed E-state index contributed by atoms with van der Waals surface area (Å²) in [4.78, 5) is 2.00. The number of nitrogens with zero attached hydrogens (tertiary/aromatic N) is 1. The molecule has 0 spiro atoms. The minimum Gasteiger partial charge on any atom is -0.316 e. The Kier molecular flexibility index (Phi) is 5.33. The van der Waals surface area contributed by atoms with Crippen molar-refractivity contribution in [3.8, 4) is 0 Å². The number of nitrogens with one attached hydrogen (secondary N) is 1. The third-order valence-corrected chi connectivity index (χ3v) is 5.98. The second kappa shape index (κ2) is 7.08. The summed E-state index contributed by atoms with van der Waals surface area (Å²) in [5.41, 5.74) is 0. The zero-order valence-corrected chi connectivity index (χ0v) is 13.4. The van der Waals surface area contributed by atoms with Gasteiger partial charge in [0.2, 0.25) is 0 Å². The van der Waals surface area contributed by atoms with Crippen molar-refractivity contribution in [1.29, 1.82) is 0 Å².